The first-order chi connectivity index (χ1) is 4.57. The summed E-state index contributed by atoms with van der Waals surface area (Å²) in [6.45, 7) is 1.77. The largest absolute Gasteiger partial charge is 0.336 e. The van der Waals surface area contributed by atoms with Gasteiger partial charge in [-0.05, 0) is 0 Å². The Morgan fingerprint density at radius 3 is 2.60 bits per heavy atom. The van der Waals surface area contributed by atoms with Gasteiger partial charge in [-0.25, -0.2) is 4.39 Å². The number of halogens is 1. The van der Waals surface area contributed by atoms with Gasteiger partial charge >= 0.3 is 0 Å². The zero-order valence-electron chi connectivity index (χ0n) is 5.93. The van der Waals surface area contributed by atoms with Gasteiger partial charge in [-0.15, -0.1) is 0 Å². The van der Waals surface area contributed by atoms with Crippen LogP contribution in [0.25, 0.3) is 0 Å². The minimum absolute atomic E-state index is 0.0107. The Morgan fingerprint density at radius 1 is 1.80 bits per heavy atom. The van der Waals surface area contributed by atoms with E-state index in [2.05, 4.69) is 0 Å². The fraction of sp³-hybridized carbons (Fsp3) is 0.833. The van der Waals surface area contributed by atoms with Crippen molar-refractivity contribution in [1.29, 1.82) is 0 Å². The molecule has 4 heteroatoms. The van der Waals surface area contributed by atoms with Gasteiger partial charge in [0.1, 0.15) is 0 Å². The third-order valence-electron chi connectivity index (χ3n) is 1.76. The molecular weight excluding hydrogens is 135 g/mol. The second-order valence-corrected chi connectivity index (χ2v) is 2.73. The maximum atomic E-state index is 12.9. The van der Waals surface area contributed by atoms with Crippen molar-refractivity contribution in [2.75, 3.05) is 19.6 Å². The molecule has 1 aliphatic heterocycles. The molecule has 1 heterocycles. The molecule has 0 aliphatic carbocycles. The topological polar surface area (TPSA) is 46.3 Å². The van der Waals surface area contributed by atoms with Crippen molar-refractivity contribution >= 4 is 5.91 Å². The van der Waals surface area contributed by atoms with E-state index >= 15 is 0 Å². The summed E-state index contributed by atoms with van der Waals surface area (Å²) in [5, 5.41) is 0. The molecule has 10 heavy (non-hydrogen) atoms. The van der Waals surface area contributed by atoms with Crippen LogP contribution in [0.5, 0.6) is 0 Å². The summed E-state index contributed by atoms with van der Waals surface area (Å²) in [6, 6.07) is 0. The van der Waals surface area contributed by atoms with E-state index in [0.29, 0.717) is 0 Å². The summed E-state index contributed by atoms with van der Waals surface area (Å²) in [6.07, 6.45) is 0. The predicted molar refractivity (Wildman–Crippen MR) is 35.1 cm³/mol. The quantitative estimate of drug-likeness (QED) is 0.543. The lowest BCUT2D eigenvalue weighted by molar-refractivity contribution is -0.142. The van der Waals surface area contributed by atoms with Crippen LogP contribution < -0.4 is 5.73 Å². The second-order valence-electron chi connectivity index (χ2n) is 2.73. The molecule has 0 aromatic rings. The van der Waals surface area contributed by atoms with E-state index < -0.39 is 5.67 Å². The van der Waals surface area contributed by atoms with Crippen molar-refractivity contribution in [1.82, 2.24) is 4.90 Å². The Morgan fingerprint density at radius 2 is 2.30 bits per heavy atom. The summed E-state index contributed by atoms with van der Waals surface area (Å²) in [5.41, 5.74) is 3.82. The number of carbonyl (C=O) groups is 1. The highest BCUT2D eigenvalue weighted by Gasteiger charge is 2.43. The first-order valence-corrected chi connectivity index (χ1v) is 3.22. The van der Waals surface area contributed by atoms with Crippen molar-refractivity contribution < 1.29 is 9.18 Å². The molecule has 0 radical (unpaired) electrons. The number of hydrogen-bond acceptors (Lipinski definition) is 2. The zero-order chi connectivity index (χ0) is 7.78. The highest BCUT2D eigenvalue weighted by atomic mass is 19.1. The van der Waals surface area contributed by atoms with Gasteiger partial charge in [0.2, 0.25) is 5.91 Å². The minimum Gasteiger partial charge on any atom is -0.336 e. The highest BCUT2D eigenvalue weighted by Crippen LogP contribution is 2.23. The molecule has 1 aliphatic rings. The van der Waals surface area contributed by atoms with Crippen LogP contribution in [-0.2, 0) is 4.79 Å². The van der Waals surface area contributed by atoms with Crippen molar-refractivity contribution in [2.45, 2.75) is 12.6 Å². The molecule has 3 nitrogen and oxygen atoms in total. The fourth-order valence-corrected chi connectivity index (χ4v) is 0.990. The van der Waals surface area contributed by atoms with E-state index in [1.807, 2.05) is 0 Å². The van der Waals surface area contributed by atoms with Gasteiger partial charge in [-0.1, -0.05) is 0 Å². The van der Waals surface area contributed by atoms with Gasteiger partial charge in [-0.2, -0.15) is 0 Å². The molecule has 58 valence electrons. The lowest BCUT2D eigenvalue weighted by Crippen LogP contribution is -2.63. The van der Waals surface area contributed by atoms with Crippen LogP contribution in [0.4, 0.5) is 4.39 Å². The van der Waals surface area contributed by atoms with E-state index in [0.717, 1.165) is 0 Å². The van der Waals surface area contributed by atoms with E-state index in [-0.39, 0.29) is 25.5 Å². The number of rotatable bonds is 1. The number of alkyl halides is 1. The number of hydrogen-bond donors (Lipinski definition) is 1. The Labute approximate surface area is 59.0 Å². The van der Waals surface area contributed by atoms with Crippen molar-refractivity contribution in [2.24, 2.45) is 5.73 Å². The third kappa shape index (κ3) is 1.11. The Bertz CT molecular complexity index is 154. The van der Waals surface area contributed by atoms with Gasteiger partial charge in [0.05, 0.1) is 13.1 Å². The molecular formula is C6H11FN2O. The molecule has 0 bridgehead atoms. The molecule has 2 N–H and O–H groups in total. The normalized spacial score (nSPS) is 22.1. The van der Waals surface area contributed by atoms with Crippen LogP contribution in [0.15, 0.2) is 0 Å². The summed E-state index contributed by atoms with van der Waals surface area (Å²) < 4.78 is 12.9. The average molecular weight is 146 g/mol. The molecule has 1 amide bonds. The van der Waals surface area contributed by atoms with Crippen LogP contribution in [0.1, 0.15) is 6.92 Å². The Kier molecular flexibility index (Phi) is 1.64. The van der Waals surface area contributed by atoms with Gasteiger partial charge < -0.3 is 10.6 Å². The van der Waals surface area contributed by atoms with Crippen molar-refractivity contribution in [3.8, 4) is 0 Å². The van der Waals surface area contributed by atoms with Crippen LogP contribution in [0.2, 0.25) is 0 Å². The smallest absolute Gasteiger partial charge is 0.219 e. The van der Waals surface area contributed by atoms with Crippen LogP contribution in [-0.4, -0.2) is 36.1 Å². The maximum Gasteiger partial charge on any atom is 0.219 e. The number of amides is 1. The van der Waals surface area contributed by atoms with Crippen LogP contribution in [0, 0.1) is 0 Å². The van der Waals surface area contributed by atoms with E-state index in [1.165, 1.54) is 11.8 Å². The SMILES string of the molecule is CC(=O)N1CC(F)(CN)C1. The standard InChI is InChI=1S/C6H11FN2O/c1-5(10)9-3-6(7,2-8)4-9/h2-4,8H2,1H3. The van der Waals surface area contributed by atoms with E-state index in [4.69, 9.17) is 5.73 Å². The molecule has 0 atom stereocenters. The van der Waals surface area contributed by atoms with E-state index in [9.17, 15) is 9.18 Å². The molecule has 1 saturated heterocycles. The minimum atomic E-state index is -1.30. The van der Waals surface area contributed by atoms with Gasteiger partial charge in [0.25, 0.3) is 0 Å². The number of nitrogens with two attached hydrogens (primary N) is 1. The number of carbonyl (C=O) groups excluding carboxylic acids is 1. The fourth-order valence-electron chi connectivity index (χ4n) is 0.990. The van der Waals surface area contributed by atoms with E-state index in [1.54, 1.807) is 0 Å². The molecule has 0 aromatic heterocycles. The summed E-state index contributed by atoms with van der Waals surface area (Å²) in [5.74, 6) is -0.0817. The number of nitrogens with zero attached hydrogens (tertiary/aromatic N) is 1. The monoisotopic (exact) mass is 146 g/mol. The van der Waals surface area contributed by atoms with Gasteiger partial charge in [-0.3, -0.25) is 4.79 Å². The molecule has 0 unspecified atom stereocenters. The second kappa shape index (κ2) is 2.20. The molecule has 0 aromatic carbocycles. The highest BCUT2D eigenvalue weighted by molar-refractivity contribution is 5.74. The average Bonchev–Trinajstić information content (AvgIpc) is 1.80. The summed E-state index contributed by atoms with van der Waals surface area (Å²) in [4.78, 5) is 12.0. The lowest BCUT2D eigenvalue weighted by atomic mass is 9.97. The van der Waals surface area contributed by atoms with Crippen molar-refractivity contribution in [3.05, 3.63) is 0 Å². The Hall–Kier alpha value is -0.640. The first kappa shape index (κ1) is 7.47. The van der Waals surface area contributed by atoms with Crippen molar-refractivity contribution in [3.63, 3.8) is 0 Å². The zero-order valence-corrected chi connectivity index (χ0v) is 5.93. The Balaban J connectivity index is 2.36. The maximum absolute atomic E-state index is 12.9. The molecule has 0 saturated carbocycles. The van der Waals surface area contributed by atoms with Gasteiger partial charge in [0, 0.05) is 13.5 Å². The summed E-state index contributed by atoms with van der Waals surface area (Å²) >= 11 is 0. The van der Waals surface area contributed by atoms with Crippen LogP contribution >= 0.6 is 0 Å². The third-order valence-corrected chi connectivity index (χ3v) is 1.76. The van der Waals surface area contributed by atoms with Gasteiger partial charge in [0.15, 0.2) is 5.67 Å². The molecule has 1 rings (SSSR count). The summed E-state index contributed by atoms with van der Waals surface area (Å²) in [7, 11) is 0. The first-order valence-electron chi connectivity index (χ1n) is 3.22. The molecule has 0 spiro atoms. The van der Waals surface area contributed by atoms with Crippen LogP contribution in [0.3, 0.4) is 0 Å². The lowest BCUT2D eigenvalue weighted by Gasteiger charge is -2.43. The number of likely N-dealkylation sites (tertiary alicyclic amines) is 1. The molecule has 1 fully saturated rings. The predicted octanol–water partition coefficient (Wildman–Crippen LogP) is -0.484.